The monoisotopic (exact) mass is 168 g/mol. The largest absolute Gasteiger partial charge is 0.481 e. The minimum absolute atomic E-state index is 0.0843. The highest BCUT2D eigenvalue weighted by atomic mass is 16.4. The smallest absolute Gasteiger partial charge is 0.306 e. The standard InChI is InChI=1S/C10H16O2/c1-2-3-8-4-6-9(7-5-8)10(11)12/h3,9H,2,4-7H2,1H3,(H,11,12). The Kier molecular flexibility index (Phi) is 3.32. The molecule has 0 spiro atoms. The van der Waals surface area contributed by atoms with Crippen LogP contribution < -0.4 is 0 Å². The third-order valence-electron chi connectivity index (χ3n) is 2.47. The summed E-state index contributed by atoms with van der Waals surface area (Å²) in [6.07, 6.45) is 6.96. The summed E-state index contributed by atoms with van der Waals surface area (Å²) in [4.78, 5) is 10.6. The highest BCUT2D eigenvalue weighted by molar-refractivity contribution is 5.70. The number of hydrogen-bond donors (Lipinski definition) is 1. The van der Waals surface area contributed by atoms with Gasteiger partial charge < -0.3 is 5.11 Å². The van der Waals surface area contributed by atoms with Gasteiger partial charge in [0.1, 0.15) is 0 Å². The zero-order valence-electron chi connectivity index (χ0n) is 7.55. The lowest BCUT2D eigenvalue weighted by atomic mass is 9.85. The molecular formula is C10H16O2. The maximum absolute atomic E-state index is 10.6. The summed E-state index contributed by atoms with van der Waals surface area (Å²) >= 11 is 0. The number of aliphatic carboxylic acids is 1. The van der Waals surface area contributed by atoms with E-state index in [0.717, 1.165) is 32.1 Å². The Bertz CT molecular complexity index is 184. The molecule has 12 heavy (non-hydrogen) atoms. The van der Waals surface area contributed by atoms with E-state index in [2.05, 4.69) is 13.0 Å². The third-order valence-corrected chi connectivity index (χ3v) is 2.47. The number of allylic oxidation sites excluding steroid dienone is 2. The topological polar surface area (TPSA) is 37.3 Å². The lowest BCUT2D eigenvalue weighted by Gasteiger charge is -2.20. The molecule has 2 heteroatoms. The highest BCUT2D eigenvalue weighted by Crippen LogP contribution is 2.28. The van der Waals surface area contributed by atoms with Gasteiger partial charge >= 0.3 is 5.97 Å². The molecule has 1 fully saturated rings. The highest BCUT2D eigenvalue weighted by Gasteiger charge is 2.21. The Morgan fingerprint density at radius 1 is 1.58 bits per heavy atom. The number of carbonyl (C=O) groups is 1. The fourth-order valence-electron chi connectivity index (χ4n) is 1.73. The van der Waals surface area contributed by atoms with E-state index in [1.807, 2.05) is 0 Å². The summed E-state index contributed by atoms with van der Waals surface area (Å²) in [7, 11) is 0. The first kappa shape index (κ1) is 9.30. The molecule has 0 saturated heterocycles. The molecule has 0 amide bonds. The summed E-state index contributed by atoms with van der Waals surface area (Å²) in [5.41, 5.74) is 1.45. The molecule has 0 heterocycles. The minimum Gasteiger partial charge on any atom is -0.481 e. The Balaban J connectivity index is 2.39. The molecule has 0 aromatic carbocycles. The predicted octanol–water partition coefficient (Wildman–Crippen LogP) is 2.60. The van der Waals surface area contributed by atoms with Gasteiger partial charge in [0, 0.05) is 0 Å². The number of carboxylic acid groups (broad SMARTS) is 1. The molecule has 1 N–H and O–H groups in total. The Morgan fingerprint density at radius 2 is 2.17 bits per heavy atom. The number of rotatable bonds is 2. The average Bonchev–Trinajstić information content (AvgIpc) is 2.06. The Labute approximate surface area is 73.3 Å². The van der Waals surface area contributed by atoms with Gasteiger partial charge in [0.25, 0.3) is 0 Å². The van der Waals surface area contributed by atoms with Crippen LogP contribution in [0.25, 0.3) is 0 Å². The lowest BCUT2D eigenvalue weighted by molar-refractivity contribution is -0.142. The van der Waals surface area contributed by atoms with E-state index in [0.29, 0.717) is 0 Å². The quantitative estimate of drug-likeness (QED) is 0.643. The van der Waals surface area contributed by atoms with Gasteiger partial charge in [0.2, 0.25) is 0 Å². The van der Waals surface area contributed by atoms with Crippen molar-refractivity contribution in [2.75, 3.05) is 0 Å². The first-order valence-corrected chi connectivity index (χ1v) is 4.64. The molecule has 0 aliphatic heterocycles. The first-order valence-electron chi connectivity index (χ1n) is 4.64. The van der Waals surface area contributed by atoms with Crippen molar-refractivity contribution < 1.29 is 9.90 Å². The molecule has 1 saturated carbocycles. The van der Waals surface area contributed by atoms with Gasteiger partial charge in [-0.25, -0.2) is 0 Å². The third kappa shape index (κ3) is 2.36. The van der Waals surface area contributed by atoms with E-state index < -0.39 is 5.97 Å². The Morgan fingerprint density at radius 3 is 2.58 bits per heavy atom. The predicted molar refractivity (Wildman–Crippen MR) is 48.0 cm³/mol. The van der Waals surface area contributed by atoms with Crippen molar-refractivity contribution in [1.29, 1.82) is 0 Å². The number of carboxylic acids is 1. The average molecular weight is 168 g/mol. The normalized spacial score (nSPS) is 23.8. The molecule has 0 aromatic rings. The van der Waals surface area contributed by atoms with E-state index in [9.17, 15) is 4.79 Å². The van der Waals surface area contributed by atoms with Gasteiger partial charge in [-0.05, 0) is 32.1 Å². The van der Waals surface area contributed by atoms with Crippen molar-refractivity contribution in [3.8, 4) is 0 Å². The van der Waals surface area contributed by atoms with Crippen LogP contribution in [-0.2, 0) is 4.79 Å². The van der Waals surface area contributed by atoms with E-state index in [1.54, 1.807) is 0 Å². The zero-order valence-corrected chi connectivity index (χ0v) is 7.55. The van der Waals surface area contributed by atoms with Crippen LogP contribution in [-0.4, -0.2) is 11.1 Å². The molecule has 1 aliphatic rings. The maximum Gasteiger partial charge on any atom is 0.306 e. The van der Waals surface area contributed by atoms with Crippen molar-refractivity contribution >= 4 is 5.97 Å². The van der Waals surface area contributed by atoms with Crippen molar-refractivity contribution in [2.24, 2.45) is 5.92 Å². The fourth-order valence-corrected chi connectivity index (χ4v) is 1.73. The second kappa shape index (κ2) is 4.29. The molecular weight excluding hydrogens is 152 g/mol. The molecule has 1 rings (SSSR count). The molecule has 1 aliphatic carbocycles. The maximum atomic E-state index is 10.6. The Hall–Kier alpha value is -0.790. The van der Waals surface area contributed by atoms with E-state index >= 15 is 0 Å². The van der Waals surface area contributed by atoms with Crippen LogP contribution in [0.15, 0.2) is 11.6 Å². The van der Waals surface area contributed by atoms with Gasteiger partial charge in [-0.1, -0.05) is 18.6 Å². The van der Waals surface area contributed by atoms with Crippen molar-refractivity contribution in [3.05, 3.63) is 11.6 Å². The van der Waals surface area contributed by atoms with Gasteiger partial charge in [-0.3, -0.25) is 4.79 Å². The lowest BCUT2D eigenvalue weighted by Crippen LogP contribution is -2.17. The minimum atomic E-state index is -0.620. The summed E-state index contributed by atoms with van der Waals surface area (Å²) < 4.78 is 0. The van der Waals surface area contributed by atoms with Gasteiger partial charge in [-0.2, -0.15) is 0 Å². The molecule has 0 unspecified atom stereocenters. The molecule has 0 atom stereocenters. The summed E-state index contributed by atoms with van der Waals surface area (Å²) in [5.74, 6) is -0.704. The fraction of sp³-hybridized carbons (Fsp3) is 0.700. The van der Waals surface area contributed by atoms with Crippen LogP contribution in [0.4, 0.5) is 0 Å². The van der Waals surface area contributed by atoms with E-state index in [-0.39, 0.29) is 5.92 Å². The number of hydrogen-bond acceptors (Lipinski definition) is 1. The van der Waals surface area contributed by atoms with E-state index in [1.165, 1.54) is 5.57 Å². The molecule has 0 aromatic heterocycles. The molecule has 68 valence electrons. The molecule has 0 radical (unpaired) electrons. The SMILES string of the molecule is CCC=C1CCC(C(=O)O)CC1. The van der Waals surface area contributed by atoms with Gasteiger partial charge in [-0.15, -0.1) is 0 Å². The molecule has 0 bridgehead atoms. The summed E-state index contributed by atoms with van der Waals surface area (Å²) in [6.45, 7) is 2.12. The van der Waals surface area contributed by atoms with Crippen LogP contribution in [0.3, 0.4) is 0 Å². The zero-order chi connectivity index (χ0) is 8.97. The second-order valence-corrected chi connectivity index (χ2v) is 3.38. The second-order valence-electron chi connectivity index (χ2n) is 3.38. The van der Waals surface area contributed by atoms with Crippen LogP contribution in [0.5, 0.6) is 0 Å². The van der Waals surface area contributed by atoms with E-state index in [4.69, 9.17) is 5.11 Å². The van der Waals surface area contributed by atoms with Crippen LogP contribution in [0.2, 0.25) is 0 Å². The van der Waals surface area contributed by atoms with Gasteiger partial charge in [0.05, 0.1) is 5.92 Å². The van der Waals surface area contributed by atoms with Crippen molar-refractivity contribution in [2.45, 2.75) is 39.0 Å². The first-order chi connectivity index (χ1) is 5.74. The van der Waals surface area contributed by atoms with Crippen LogP contribution >= 0.6 is 0 Å². The van der Waals surface area contributed by atoms with Crippen molar-refractivity contribution in [1.82, 2.24) is 0 Å². The molecule has 2 nitrogen and oxygen atoms in total. The van der Waals surface area contributed by atoms with Crippen molar-refractivity contribution in [3.63, 3.8) is 0 Å². The summed E-state index contributed by atoms with van der Waals surface area (Å²) in [5, 5.41) is 8.73. The summed E-state index contributed by atoms with van der Waals surface area (Å²) in [6, 6.07) is 0. The van der Waals surface area contributed by atoms with Gasteiger partial charge in [0.15, 0.2) is 0 Å². The van der Waals surface area contributed by atoms with Crippen LogP contribution in [0.1, 0.15) is 39.0 Å². The van der Waals surface area contributed by atoms with Crippen LogP contribution in [0, 0.1) is 5.92 Å².